The van der Waals surface area contributed by atoms with Gasteiger partial charge in [-0.05, 0) is 19.2 Å². The highest BCUT2D eigenvalue weighted by Crippen LogP contribution is 2.25. The minimum absolute atomic E-state index is 0.104. The smallest absolute Gasteiger partial charge is 0.240 e. The van der Waals surface area contributed by atoms with Gasteiger partial charge in [0.1, 0.15) is 6.61 Å². The zero-order valence-electron chi connectivity index (χ0n) is 14.5. The maximum atomic E-state index is 5.76. The molecule has 0 saturated heterocycles. The number of likely N-dealkylation sites (N-methyl/N-ethyl adjacent to an activating group) is 1. The molecule has 1 heterocycles. The normalized spacial score (nSPS) is 11.7. The summed E-state index contributed by atoms with van der Waals surface area (Å²) in [6.07, 6.45) is 0. The van der Waals surface area contributed by atoms with E-state index in [9.17, 15) is 0 Å². The number of nitrogens with zero attached hydrogens (tertiary/aromatic N) is 3. The Kier molecular flexibility index (Phi) is 5.60. The molecule has 0 N–H and O–H groups in total. The number of hydrogen-bond donors (Lipinski definition) is 0. The van der Waals surface area contributed by atoms with Crippen LogP contribution in [0.1, 0.15) is 32.5 Å². The maximum absolute atomic E-state index is 5.76. The summed E-state index contributed by atoms with van der Waals surface area (Å²) >= 11 is 0. The molecule has 0 atom stereocenters. The third-order valence-electron chi connectivity index (χ3n) is 3.34. The van der Waals surface area contributed by atoms with E-state index in [1.165, 1.54) is 0 Å². The van der Waals surface area contributed by atoms with E-state index in [0.29, 0.717) is 19.0 Å². The summed E-state index contributed by atoms with van der Waals surface area (Å²) in [5, 5.41) is 4.03. The molecule has 1 aromatic carbocycles. The lowest BCUT2D eigenvalue weighted by molar-refractivity contribution is 0.208. The minimum Gasteiger partial charge on any atom is -0.493 e. The van der Waals surface area contributed by atoms with E-state index in [4.69, 9.17) is 14.0 Å². The Morgan fingerprint density at radius 1 is 1.17 bits per heavy atom. The molecular formula is C17H25N3O3. The van der Waals surface area contributed by atoms with Gasteiger partial charge in [-0.1, -0.05) is 38.1 Å². The van der Waals surface area contributed by atoms with Crippen molar-refractivity contribution in [2.45, 2.75) is 32.7 Å². The van der Waals surface area contributed by atoms with Gasteiger partial charge < -0.3 is 14.0 Å². The molecule has 0 radical (unpaired) electrons. The molecule has 0 aliphatic carbocycles. The molecule has 23 heavy (non-hydrogen) atoms. The van der Waals surface area contributed by atoms with Crippen molar-refractivity contribution < 1.29 is 14.0 Å². The van der Waals surface area contributed by atoms with Crippen molar-refractivity contribution in [1.29, 1.82) is 0 Å². The van der Waals surface area contributed by atoms with Gasteiger partial charge in [-0.25, -0.2) is 0 Å². The van der Waals surface area contributed by atoms with Crippen LogP contribution in [0.4, 0.5) is 0 Å². The van der Waals surface area contributed by atoms with Crippen molar-refractivity contribution in [3.05, 3.63) is 36.0 Å². The van der Waals surface area contributed by atoms with Crippen molar-refractivity contribution in [2.75, 3.05) is 27.3 Å². The molecule has 0 aliphatic rings. The van der Waals surface area contributed by atoms with Crippen molar-refractivity contribution in [2.24, 2.45) is 0 Å². The van der Waals surface area contributed by atoms with Crippen LogP contribution in [0.5, 0.6) is 11.5 Å². The zero-order valence-corrected chi connectivity index (χ0v) is 14.5. The number of hydrogen-bond acceptors (Lipinski definition) is 6. The molecule has 2 rings (SSSR count). The van der Waals surface area contributed by atoms with Gasteiger partial charge in [0.25, 0.3) is 0 Å². The molecule has 6 nitrogen and oxygen atoms in total. The van der Waals surface area contributed by atoms with E-state index in [1.807, 2.05) is 31.3 Å². The average Bonchev–Trinajstić information content (AvgIpc) is 2.96. The third-order valence-corrected chi connectivity index (χ3v) is 3.34. The highest BCUT2D eigenvalue weighted by molar-refractivity contribution is 5.39. The van der Waals surface area contributed by atoms with Gasteiger partial charge in [0.2, 0.25) is 5.89 Å². The Balaban J connectivity index is 1.81. The first-order valence-corrected chi connectivity index (χ1v) is 7.67. The number of aromatic nitrogens is 2. The molecule has 126 valence electrons. The molecule has 0 saturated carbocycles. The van der Waals surface area contributed by atoms with Crippen LogP contribution in [-0.2, 0) is 12.0 Å². The highest BCUT2D eigenvalue weighted by atomic mass is 16.5. The first-order valence-electron chi connectivity index (χ1n) is 7.67. The molecule has 0 spiro atoms. The zero-order chi connectivity index (χ0) is 16.9. The molecule has 0 aliphatic heterocycles. The lowest BCUT2D eigenvalue weighted by Crippen LogP contribution is -2.24. The second-order valence-corrected chi connectivity index (χ2v) is 6.50. The van der Waals surface area contributed by atoms with Crippen LogP contribution in [0.3, 0.4) is 0 Å². The minimum atomic E-state index is -0.104. The fourth-order valence-electron chi connectivity index (χ4n) is 1.98. The second-order valence-electron chi connectivity index (χ2n) is 6.50. The van der Waals surface area contributed by atoms with E-state index in [1.54, 1.807) is 7.11 Å². The third kappa shape index (κ3) is 4.96. The van der Waals surface area contributed by atoms with Gasteiger partial charge in [0.15, 0.2) is 17.3 Å². The van der Waals surface area contributed by atoms with E-state index >= 15 is 0 Å². The lowest BCUT2D eigenvalue weighted by atomic mass is 9.96. The molecule has 0 fully saturated rings. The number of methoxy groups -OCH3 is 1. The Hall–Kier alpha value is -2.08. The van der Waals surface area contributed by atoms with Crippen LogP contribution in [0.25, 0.3) is 0 Å². The van der Waals surface area contributed by atoms with Crippen LogP contribution in [0.15, 0.2) is 28.8 Å². The second kappa shape index (κ2) is 7.46. The number of benzene rings is 1. The number of ether oxygens (including phenoxy) is 2. The maximum Gasteiger partial charge on any atom is 0.240 e. The highest BCUT2D eigenvalue weighted by Gasteiger charge is 2.21. The van der Waals surface area contributed by atoms with Gasteiger partial charge in [0, 0.05) is 12.0 Å². The fourth-order valence-corrected chi connectivity index (χ4v) is 1.98. The Morgan fingerprint density at radius 3 is 2.48 bits per heavy atom. The summed E-state index contributed by atoms with van der Waals surface area (Å²) in [6, 6.07) is 7.62. The quantitative estimate of drug-likeness (QED) is 0.782. The van der Waals surface area contributed by atoms with Crippen molar-refractivity contribution in [1.82, 2.24) is 15.0 Å². The Bertz CT molecular complexity index is 620. The summed E-state index contributed by atoms with van der Waals surface area (Å²) in [7, 11) is 3.63. The first kappa shape index (κ1) is 17.3. The lowest BCUT2D eigenvalue weighted by Gasteiger charge is -2.16. The van der Waals surface area contributed by atoms with Gasteiger partial charge >= 0.3 is 0 Å². The molecule has 0 unspecified atom stereocenters. The van der Waals surface area contributed by atoms with E-state index < -0.39 is 0 Å². The molecule has 0 bridgehead atoms. The number of rotatable bonds is 7. The first-order chi connectivity index (χ1) is 10.9. The molecule has 1 aromatic heterocycles. The largest absolute Gasteiger partial charge is 0.493 e. The summed E-state index contributed by atoms with van der Waals surface area (Å²) in [6.45, 7) is 8.08. The molecule has 6 heteroatoms. The van der Waals surface area contributed by atoms with Crippen LogP contribution in [0, 0.1) is 0 Å². The molecular weight excluding hydrogens is 294 g/mol. The fraction of sp³-hybridized carbons (Fsp3) is 0.529. The summed E-state index contributed by atoms with van der Waals surface area (Å²) in [4.78, 5) is 6.51. The predicted molar refractivity (Wildman–Crippen MR) is 87.8 cm³/mol. The van der Waals surface area contributed by atoms with Gasteiger partial charge in [-0.2, -0.15) is 4.98 Å². The van der Waals surface area contributed by atoms with Gasteiger partial charge in [-0.15, -0.1) is 0 Å². The van der Waals surface area contributed by atoms with Gasteiger partial charge in [0.05, 0.1) is 13.7 Å². The Morgan fingerprint density at radius 2 is 1.87 bits per heavy atom. The van der Waals surface area contributed by atoms with E-state index in [2.05, 4.69) is 35.8 Å². The van der Waals surface area contributed by atoms with Crippen LogP contribution < -0.4 is 9.47 Å². The molecule has 0 amide bonds. The Labute approximate surface area is 137 Å². The predicted octanol–water partition coefficient (Wildman–Crippen LogP) is 2.89. The topological polar surface area (TPSA) is 60.6 Å². The summed E-state index contributed by atoms with van der Waals surface area (Å²) in [5.41, 5.74) is -0.104. The van der Waals surface area contributed by atoms with E-state index in [0.717, 1.165) is 23.9 Å². The SMILES string of the molecule is COc1ccccc1OCCN(C)Cc1nc(C(C)(C)C)no1. The number of para-hydroxylation sites is 2. The summed E-state index contributed by atoms with van der Waals surface area (Å²) < 4.78 is 16.3. The molecule has 2 aromatic rings. The van der Waals surface area contributed by atoms with Crippen molar-refractivity contribution in [3.63, 3.8) is 0 Å². The van der Waals surface area contributed by atoms with E-state index in [-0.39, 0.29) is 5.41 Å². The van der Waals surface area contributed by atoms with Gasteiger partial charge in [-0.3, -0.25) is 4.90 Å². The van der Waals surface area contributed by atoms with Crippen LogP contribution in [-0.4, -0.2) is 42.3 Å². The standard InChI is InChI=1S/C17H25N3O3/c1-17(2,3)16-18-15(23-19-16)12-20(4)10-11-22-14-9-7-6-8-13(14)21-5/h6-9H,10-12H2,1-5H3. The average molecular weight is 319 g/mol. The summed E-state index contributed by atoms with van der Waals surface area (Å²) in [5.74, 6) is 2.83. The van der Waals surface area contributed by atoms with Crippen molar-refractivity contribution >= 4 is 0 Å². The monoisotopic (exact) mass is 319 g/mol. The van der Waals surface area contributed by atoms with Crippen LogP contribution >= 0.6 is 0 Å². The van der Waals surface area contributed by atoms with Crippen LogP contribution in [0.2, 0.25) is 0 Å². The van der Waals surface area contributed by atoms with Crippen molar-refractivity contribution in [3.8, 4) is 11.5 Å².